The highest BCUT2D eigenvalue weighted by molar-refractivity contribution is 5.78. The van der Waals surface area contributed by atoms with Crippen LogP contribution in [0.15, 0.2) is 71.7 Å². The molecule has 0 saturated heterocycles. The Morgan fingerprint density at radius 3 is 2.92 bits per heavy atom. The number of benzene rings is 2. The van der Waals surface area contributed by atoms with Gasteiger partial charge in [-0.3, -0.25) is 4.90 Å². The quantitative estimate of drug-likeness (QED) is 0.539. The van der Waals surface area contributed by atoms with E-state index in [9.17, 15) is 0 Å². The Labute approximate surface area is 152 Å². The lowest BCUT2D eigenvalue weighted by atomic mass is 9.86. The fourth-order valence-electron chi connectivity index (χ4n) is 3.95. The summed E-state index contributed by atoms with van der Waals surface area (Å²) in [5.74, 6) is 0. The third-order valence-electron chi connectivity index (χ3n) is 5.28. The van der Waals surface area contributed by atoms with Crippen LogP contribution in [0.5, 0.6) is 0 Å². The van der Waals surface area contributed by atoms with Gasteiger partial charge >= 0.3 is 0 Å². The van der Waals surface area contributed by atoms with Gasteiger partial charge in [0, 0.05) is 23.7 Å². The number of aromatic nitrogens is 2. The Morgan fingerprint density at radius 1 is 1.08 bits per heavy atom. The average molecular weight is 341 g/mol. The van der Waals surface area contributed by atoms with Crippen LogP contribution in [-0.4, -0.2) is 28.5 Å². The van der Waals surface area contributed by atoms with Gasteiger partial charge in [0.1, 0.15) is 11.9 Å². The van der Waals surface area contributed by atoms with Crippen molar-refractivity contribution < 1.29 is 4.42 Å². The SMILES string of the molecule is CN1CCc2ccc(-c3ccncn3)cc2C1c1ccc2occc2c1. The lowest BCUT2D eigenvalue weighted by molar-refractivity contribution is 0.265. The van der Waals surface area contributed by atoms with E-state index in [0.29, 0.717) is 0 Å². The van der Waals surface area contributed by atoms with E-state index in [4.69, 9.17) is 4.42 Å². The van der Waals surface area contributed by atoms with Gasteiger partial charge < -0.3 is 4.42 Å². The van der Waals surface area contributed by atoms with Crippen molar-refractivity contribution in [2.24, 2.45) is 0 Å². The van der Waals surface area contributed by atoms with Gasteiger partial charge in [-0.05, 0) is 60.5 Å². The molecule has 26 heavy (non-hydrogen) atoms. The number of hydrogen-bond acceptors (Lipinski definition) is 4. The van der Waals surface area contributed by atoms with E-state index in [0.717, 1.165) is 35.2 Å². The van der Waals surface area contributed by atoms with E-state index >= 15 is 0 Å². The summed E-state index contributed by atoms with van der Waals surface area (Å²) < 4.78 is 5.51. The molecule has 2 aromatic heterocycles. The van der Waals surface area contributed by atoms with Crippen LogP contribution in [-0.2, 0) is 6.42 Å². The molecular weight excluding hydrogens is 322 g/mol. The van der Waals surface area contributed by atoms with Crippen molar-refractivity contribution in [1.82, 2.24) is 14.9 Å². The first-order chi connectivity index (χ1) is 12.8. The summed E-state index contributed by atoms with van der Waals surface area (Å²) in [6.07, 6.45) is 6.21. The third-order valence-corrected chi connectivity index (χ3v) is 5.28. The van der Waals surface area contributed by atoms with Crippen LogP contribution in [0.1, 0.15) is 22.7 Å². The maximum atomic E-state index is 5.51. The van der Waals surface area contributed by atoms with Gasteiger partial charge in [-0.2, -0.15) is 0 Å². The van der Waals surface area contributed by atoms with Crippen LogP contribution in [0, 0.1) is 0 Å². The number of hydrogen-bond donors (Lipinski definition) is 0. The van der Waals surface area contributed by atoms with Gasteiger partial charge in [-0.15, -0.1) is 0 Å². The molecule has 0 spiro atoms. The fraction of sp³-hybridized carbons (Fsp3) is 0.182. The largest absolute Gasteiger partial charge is 0.464 e. The first-order valence-electron chi connectivity index (χ1n) is 8.86. The topological polar surface area (TPSA) is 42.2 Å². The summed E-state index contributed by atoms with van der Waals surface area (Å²) >= 11 is 0. The number of nitrogens with zero attached hydrogens (tertiary/aromatic N) is 3. The van der Waals surface area contributed by atoms with Crippen LogP contribution in [0.2, 0.25) is 0 Å². The molecule has 0 N–H and O–H groups in total. The molecule has 1 unspecified atom stereocenters. The van der Waals surface area contributed by atoms with Crippen LogP contribution in [0.25, 0.3) is 22.2 Å². The van der Waals surface area contributed by atoms with Gasteiger partial charge in [-0.1, -0.05) is 18.2 Å². The third kappa shape index (κ3) is 2.50. The standard InChI is InChI=1S/C22H19N3O/c1-25-10-7-15-2-3-16(20-6-9-23-14-24-20)13-19(15)22(25)18-4-5-21-17(12-18)8-11-26-21/h2-6,8-9,11-14,22H,7,10H2,1H3. The zero-order valence-electron chi connectivity index (χ0n) is 14.6. The van der Waals surface area contributed by atoms with Crippen molar-refractivity contribution in [2.45, 2.75) is 12.5 Å². The maximum Gasteiger partial charge on any atom is 0.133 e. The minimum Gasteiger partial charge on any atom is -0.464 e. The molecule has 0 amide bonds. The van der Waals surface area contributed by atoms with E-state index in [1.54, 1.807) is 18.8 Å². The molecule has 1 aliphatic rings. The van der Waals surface area contributed by atoms with E-state index in [2.05, 4.69) is 58.3 Å². The first-order valence-corrected chi connectivity index (χ1v) is 8.86. The van der Waals surface area contributed by atoms with Crippen molar-refractivity contribution in [1.29, 1.82) is 0 Å². The maximum absolute atomic E-state index is 5.51. The van der Waals surface area contributed by atoms with Crippen molar-refractivity contribution in [2.75, 3.05) is 13.6 Å². The summed E-state index contributed by atoms with van der Waals surface area (Å²) in [4.78, 5) is 10.9. The molecule has 0 bridgehead atoms. The van der Waals surface area contributed by atoms with Crippen LogP contribution in [0.3, 0.4) is 0 Å². The number of likely N-dealkylation sites (N-methyl/N-ethyl adjacent to an activating group) is 1. The van der Waals surface area contributed by atoms with Crippen molar-refractivity contribution >= 4 is 11.0 Å². The minimum atomic E-state index is 0.236. The molecule has 128 valence electrons. The molecule has 5 rings (SSSR count). The summed E-state index contributed by atoms with van der Waals surface area (Å²) in [5.41, 5.74) is 7.09. The zero-order chi connectivity index (χ0) is 17.5. The lowest BCUT2D eigenvalue weighted by Crippen LogP contribution is -2.32. The predicted octanol–water partition coefficient (Wildman–Crippen LogP) is 4.47. The summed E-state index contributed by atoms with van der Waals surface area (Å²) in [6, 6.07) is 17.4. The average Bonchev–Trinajstić information content (AvgIpc) is 3.16. The molecule has 1 aliphatic heterocycles. The highest BCUT2D eigenvalue weighted by Crippen LogP contribution is 2.37. The van der Waals surface area contributed by atoms with Gasteiger partial charge in [0.15, 0.2) is 0 Å². The molecule has 0 radical (unpaired) electrons. The monoisotopic (exact) mass is 341 g/mol. The van der Waals surface area contributed by atoms with Gasteiger partial charge in [0.05, 0.1) is 18.0 Å². The Hall–Kier alpha value is -2.98. The van der Waals surface area contributed by atoms with Crippen LogP contribution >= 0.6 is 0 Å². The normalized spacial score (nSPS) is 17.3. The lowest BCUT2D eigenvalue weighted by Gasteiger charge is -2.35. The fourth-order valence-corrected chi connectivity index (χ4v) is 3.95. The number of rotatable bonds is 2. The summed E-state index contributed by atoms with van der Waals surface area (Å²) in [6.45, 7) is 1.05. The highest BCUT2D eigenvalue weighted by atomic mass is 16.3. The van der Waals surface area contributed by atoms with Gasteiger partial charge in [-0.25, -0.2) is 9.97 Å². The number of fused-ring (bicyclic) bond motifs is 2. The minimum absolute atomic E-state index is 0.236. The van der Waals surface area contributed by atoms with Crippen LogP contribution in [0.4, 0.5) is 0 Å². The highest BCUT2D eigenvalue weighted by Gasteiger charge is 2.27. The molecule has 2 aromatic carbocycles. The van der Waals surface area contributed by atoms with Crippen molar-refractivity contribution in [3.63, 3.8) is 0 Å². The molecule has 0 fully saturated rings. The molecule has 4 nitrogen and oxygen atoms in total. The second kappa shape index (κ2) is 6.07. The summed E-state index contributed by atoms with van der Waals surface area (Å²) in [5, 5.41) is 1.15. The Bertz CT molecular complexity index is 1070. The molecule has 3 heterocycles. The van der Waals surface area contributed by atoms with Crippen molar-refractivity contribution in [3.8, 4) is 11.3 Å². The second-order valence-corrected chi connectivity index (χ2v) is 6.86. The van der Waals surface area contributed by atoms with Crippen LogP contribution < -0.4 is 0 Å². The Balaban J connectivity index is 1.65. The smallest absolute Gasteiger partial charge is 0.133 e. The van der Waals surface area contributed by atoms with E-state index in [1.807, 2.05) is 12.1 Å². The van der Waals surface area contributed by atoms with E-state index in [-0.39, 0.29) is 6.04 Å². The summed E-state index contributed by atoms with van der Waals surface area (Å²) in [7, 11) is 2.20. The first kappa shape index (κ1) is 15.3. The van der Waals surface area contributed by atoms with E-state index < -0.39 is 0 Å². The Morgan fingerprint density at radius 2 is 2.04 bits per heavy atom. The van der Waals surface area contributed by atoms with Gasteiger partial charge in [0.2, 0.25) is 0 Å². The molecule has 4 heteroatoms. The van der Waals surface area contributed by atoms with Gasteiger partial charge in [0.25, 0.3) is 0 Å². The zero-order valence-corrected chi connectivity index (χ0v) is 14.6. The molecule has 4 aromatic rings. The predicted molar refractivity (Wildman–Crippen MR) is 102 cm³/mol. The second-order valence-electron chi connectivity index (χ2n) is 6.86. The number of furan rings is 1. The molecule has 1 atom stereocenters. The molecule has 0 saturated carbocycles. The Kier molecular flexibility index (Phi) is 3.57. The van der Waals surface area contributed by atoms with Crippen molar-refractivity contribution in [3.05, 3.63) is 84.0 Å². The molecular formula is C22H19N3O. The van der Waals surface area contributed by atoms with E-state index in [1.165, 1.54) is 16.7 Å². The molecule has 0 aliphatic carbocycles.